The third-order valence-electron chi connectivity index (χ3n) is 4.33. The average Bonchev–Trinajstić information content (AvgIpc) is 2.70. The van der Waals surface area contributed by atoms with Crippen LogP contribution in [-0.4, -0.2) is 56.5 Å². The van der Waals surface area contributed by atoms with Gasteiger partial charge in [-0.1, -0.05) is 23.7 Å². The van der Waals surface area contributed by atoms with Gasteiger partial charge in [0.05, 0.1) is 19.2 Å². The van der Waals surface area contributed by atoms with Crippen molar-refractivity contribution < 1.29 is 19.1 Å². The van der Waals surface area contributed by atoms with Crippen LogP contribution < -0.4 is 9.47 Å². The third kappa shape index (κ3) is 4.75. The molecule has 2 rings (SSSR count). The van der Waals surface area contributed by atoms with Gasteiger partial charge in [0, 0.05) is 38.3 Å². The molecular weight excluding hydrogens is 380 g/mol. The summed E-state index contributed by atoms with van der Waals surface area (Å²) in [6.07, 6.45) is 0. The Balaban J connectivity index is 2.22. The van der Waals surface area contributed by atoms with Crippen molar-refractivity contribution in [2.75, 3.05) is 34.9 Å². The third-order valence-corrected chi connectivity index (χ3v) is 4.61. The quantitative estimate of drug-likeness (QED) is 0.705. The van der Waals surface area contributed by atoms with Gasteiger partial charge in [-0.2, -0.15) is 0 Å². The standard InChI is InChI=1S/C21H25ClN2O4/c1-6-24(13-14-7-9-15(10-8-14)20(25)23(2)3)21(26)16-11-17(22)19(28-5)18(12-16)27-4/h7-12H,6,13H2,1-5H3. The SMILES string of the molecule is CCN(Cc1ccc(C(=O)N(C)C)cc1)C(=O)c1cc(Cl)c(OC)c(OC)c1. The summed E-state index contributed by atoms with van der Waals surface area (Å²) in [4.78, 5) is 28.2. The Kier molecular flexibility index (Phi) is 7.29. The lowest BCUT2D eigenvalue weighted by Gasteiger charge is -2.22. The predicted octanol–water partition coefficient (Wildman–Crippen LogP) is 3.72. The molecule has 2 aromatic rings. The molecule has 0 fully saturated rings. The maximum Gasteiger partial charge on any atom is 0.254 e. The highest BCUT2D eigenvalue weighted by molar-refractivity contribution is 6.32. The minimum Gasteiger partial charge on any atom is -0.493 e. The van der Waals surface area contributed by atoms with Gasteiger partial charge in [0.15, 0.2) is 11.5 Å². The number of hydrogen-bond donors (Lipinski definition) is 0. The van der Waals surface area contributed by atoms with E-state index >= 15 is 0 Å². The van der Waals surface area contributed by atoms with Gasteiger partial charge in [0.25, 0.3) is 11.8 Å². The van der Waals surface area contributed by atoms with E-state index in [0.717, 1.165) is 5.56 Å². The molecule has 0 spiro atoms. The van der Waals surface area contributed by atoms with Gasteiger partial charge in [-0.25, -0.2) is 0 Å². The Bertz CT molecular complexity index is 850. The molecule has 0 heterocycles. The molecule has 0 N–H and O–H groups in total. The van der Waals surface area contributed by atoms with Crippen LogP contribution in [0.2, 0.25) is 5.02 Å². The van der Waals surface area contributed by atoms with Crippen molar-refractivity contribution in [3.63, 3.8) is 0 Å². The Labute approximate surface area is 170 Å². The number of hydrogen-bond acceptors (Lipinski definition) is 4. The fourth-order valence-electron chi connectivity index (χ4n) is 2.78. The maximum atomic E-state index is 13.0. The van der Waals surface area contributed by atoms with Gasteiger partial charge in [0.2, 0.25) is 0 Å². The van der Waals surface area contributed by atoms with E-state index in [1.54, 1.807) is 43.3 Å². The Morgan fingerprint density at radius 1 is 0.964 bits per heavy atom. The van der Waals surface area contributed by atoms with Gasteiger partial charge in [-0.3, -0.25) is 9.59 Å². The summed E-state index contributed by atoms with van der Waals surface area (Å²) in [5.74, 6) is 0.569. The van der Waals surface area contributed by atoms with Crippen LogP contribution in [0.3, 0.4) is 0 Å². The van der Waals surface area contributed by atoms with E-state index in [-0.39, 0.29) is 11.8 Å². The first-order chi connectivity index (χ1) is 13.3. The molecule has 2 aromatic carbocycles. The van der Waals surface area contributed by atoms with E-state index in [0.29, 0.717) is 40.7 Å². The van der Waals surface area contributed by atoms with Crippen LogP contribution >= 0.6 is 11.6 Å². The molecule has 0 aliphatic carbocycles. The van der Waals surface area contributed by atoms with Crippen LogP contribution in [0.4, 0.5) is 0 Å². The van der Waals surface area contributed by atoms with Gasteiger partial charge >= 0.3 is 0 Å². The predicted molar refractivity (Wildman–Crippen MR) is 109 cm³/mol. The molecule has 0 atom stereocenters. The van der Waals surface area contributed by atoms with Gasteiger partial charge in [-0.05, 0) is 36.8 Å². The first kappa shape index (κ1) is 21.6. The number of halogens is 1. The Morgan fingerprint density at radius 2 is 1.61 bits per heavy atom. The maximum absolute atomic E-state index is 13.0. The summed E-state index contributed by atoms with van der Waals surface area (Å²) >= 11 is 6.23. The van der Waals surface area contributed by atoms with Crippen LogP contribution in [0.25, 0.3) is 0 Å². The number of ether oxygens (including phenoxy) is 2. The topological polar surface area (TPSA) is 59.1 Å². The lowest BCUT2D eigenvalue weighted by Crippen LogP contribution is -2.30. The second-order valence-electron chi connectivity index (χ2n) is 6.41. The van der Waals surface area contributed by atoms with Crippen molar-refractivity contribution in [1.82, 2.24) is 9.80 Å². The van der Waals surface area contributed by atoms with E-state index in [1.165, 1.54) is 19.1 Å². The second-order valence-corrected chi connectivity index (χ2v) is 6.82. The second kappa shape index (κ2) is 9.46. The molecule has 0 aliphatic heterocycles. The summed E-state index contributed by atoms with van der Waals surface area (Å²) in [7, 11) is 6.41. The molecule has 0 saturated carbocycles. The Morgan fingerprint density at radius 3 is 2.11 bits per heavy atom. The zero-order chi connectivity index (χ0) is 20.8. The molecule has 150 valence electrons. The summed E-state index contributed by atoms with van der Waals surface area (Å²) < 4.78 is 10.5. The number of rotatable bonds is 7. The highest BCUT2D eigenvalue weighted by Gasteiger charge is 2.19. The summed E-state index contributed by atoms with van der Waals surface area (Å²) in [6.45, 7) is 2.84. The highest BCUT2D eigenvalue weighted by atomic mass is 35.5. The van der Waals surface area contributed by atoms with Crippen LogP contribution in [0, 0.1) is 0 Å². The molecule has 0 saturated heterocycles. The zero-order valence-electron chi connectivity index (χ0n) is 16.8. The smallest absolute Gasteiger partial charge is 0.254 e. The number of carbonyl (C=O) groups is 2. The lowest BCUT2D eigenvalue weighted by molar-refractivity contribution is 0.0751. The van der Waals surface area contributed by atoms with E-state index in [1.807, 2.05) is 19.1 Å². The average molecular weight is 405 g/mol. The van der Waals surface area contributed by atoms with Gasteiger partial charge in [-0.15, -0.1) is 0 Å². The Hall–Kier alpha value is -2.73. The zero-order valence-corrected chi connectivity index (χ0v) is 17.5. The minimum absolute atomic E-state index is 0.0602. The van der Waals surface area contributed by atoms with Crippen molar-refractivity contribution >= 4 is 23.4 Å². The first-order valence-corrected chi connectivity index (χ1v) is 9.21. The van der Waals surface area contributed by atoms with Crippen molar-refractivity contribution in [3.05, 3.63) is 58.1 Å². The first-order valence-electron chi connectivity index (χ1n) is 8.83. The van der Waals surface area contributed by atoms with E-state index in [2.05, 4.69) is 0 Å². The molecule has 0 aliphatic rings. The van der Waals surface area contributed by atoms with Crippen molar-refractivity contribution in [2.45, 2.75) is 13.5 Å². The fraction of sp³-hybridized carbons (Fsp3) is 0.333. The van der Waals surface area contributed by atoms with E-state index in [9.17, 15) is 9.59 Å². The molecule has 2 amide bonds. The summed E-state index contributed by atoms with van der Waals surface area (Å²) in [5.41, 5.74) is 1.95. The molecule has 6 nitrogen and oxygen atoms in total. The van der Waals surface area contributed by atoms with Crippen LogP contribution in [0.1, 0.15) is 33.2 Å². The van der Waals surface area contributed by atoms with Gasteiger partial charge in [0.1, 0.15) is 0 Å². The van der Waals surface area contributed by atoms with Gasteiger partial charge < -0.3 is 19.3 Å². The number of amides is 2. The number of benzene rings is 2. The van der Waals surface area contributed by atoms with E-state index < -0.39 is 0 Å². The molecule has 0 radical (unpaired) electrons. The summed E-state index contributed by atoms with van der Waals surface area (Å²) in [5, 5.41) is 0.313. The van der Waals surface area contributed by atoms with Crippen molar-refractivity contribution in [3.8, 4) is 11.5 Å². The van der Waals surface area contributed by atoms with Crippen molar-refractivity contribution in [1.29, 1.82) is 0 Å². The highest BCUT2D eigenvalue weighted by Crippen LogP contribution is 2.36. The van der Waals surface area contributed by atoms with Crippen LogP contribution in [-0.2, 0) is 6.54 Å². The molecule has 0 aromatic heterocycles. The monoisotopic (exact) mass is 404 g/mol. The minimum atomic E-state index is -0.168. The molecule has 0 bridgehead atoms. The van der Waals surface area contributed by atoms with Crippen molar-refractivity contribution in [2.24, 2.45) is 0 Å². The number of carbonyl (C=O) groups excluding carboxylic acids is 2. The normalized spacial score (nSPS) is 10.4. The molecule has 7 heteroatoms. The van der Waals surface area contributed by atoms with E-state index in [4.69, 9.17) is 21.1 Å². The van der Waals surface area contributed by atoms with Crippen LogP contribution in [0.5, 0.6) is 11.5 Å². The van der Waals surface area contributed by atoms with Crippen LogP contribution in [0.15, 0.2) is 36.4 Å². The number of methoxy groups -OCH3 is 2. The largest absolute Gasteiger partial charge is 0.493 e. The molecular formula is C21H25ClN2O4. The number of nitrogens with zero attached hydrogens (tertiary/aromatic N) is 2. The molecule has 28 heavy (non-hydrogen) atoms. The lowest BCUT2D eigenvalue weighted by atomic mass is 10.1. The summed E-state index contributed by atoms with van der Waals surface area (Å²) in [6, 6.07) is 10.4. The molecule has 0 unspecified atom stereocenters. The fourth-order valence-corrected chi connectivity index (χ4v) is 3.07.